The molecule has 2 atom stereocenters. The number of hydrogen-bond donors (Lipinski definition) is 1. The molecule has 106 valence electrons. The van der Waals surface area contributed by atoms with Gasteiger partial charge in [-0.3, -0.25) is 4.79 Å². The maximum absolute atomic E-state index is 12.2. The highest BCUT2D eigenvalue weighted by molar-refractivity contribution is 7.89. The van der Waals surface area contributed by atoms with Crippen LogP contribution in [-0.4, -0.2) is 55.9 Å². The molecule has 0 heterocycles. The minimum Gasteiger partial charge on any atom is -0.481 e. The third kappa shape index (κ3) is 3.43. The van der Waals surface area contributed by atoms with Crippen molar-refractivity contribution in [2.24, 2.45) is 5.92 Å². The topological polar surface area (TPSA) is 83.9 Å². The van der Waals surface area contributed by atoms with Gasteiger partial charge in [-0.1, -0.05) is 6.42 Å². The van der Waals surface area contributed by atoms with Crippen LogP contribution >= 0.6 is 0 Å². The highest BCUT2D eigenvalue weighted by Gasteiger charge is 2.43. The summed E-state index contributed by atoms with van der Waals surface area (Å²) >= 11 is 0. The van der Waals surface area contributed by atoms with Crippen LogP contribution in [0.3, 0.4) is 0 Å². The van der Waals surface area contributed by atoms with Crippen LogP contribution < -0.4 is 0 Å². The monoisotopic (exact) mass is 279 g/mol. The summed E-state index contributed by atoms with van der Waals surface area (Å²) in [6.45, 7) is 2.97. The Kier molecular flexibility index (Phi) is 5.55. The van der Waals surface area contributed by atoms with E-state index in [0.717, 1.165) is 0 Å². The molecule has 0 radical (unpaired) electrons. The van der Waals surface area contributed by atoms with Crippen molar-refractivity contribution in [3.05, 3.63) is 0 Å². The second-order valence-corrected chi connectivity index (χ2v) is 6.74. The lowest BCUT2D eigenvalue weighted by Gasteiger charge is -2.23. The Bertz CT molecular complexity index is 381. The van der Waals surface area contributed by atoms with Crippen LogP contribution in [0.4, 0.5) is 0 Å². The zero-order valence-electron chi connectivity index (χ0n) is 10.8. The lowest BCUT2D eigenvalue weighted by molar-refractivity contribution is -0.141. The molecule has 1 saturated carbocycles. The molecule has 0 spiro atoms. The Morgan fingerprint density at radius 3 is 2.67 bits per heavy atom. The average molecular weight is 279 g/mol. The fourth-order valence-electron chi connectivity index (χ4n) is 2.26. The summed E-state index contributed by atoms with van der Waals surface area (Å²) in [5, 5.41) is 8.25. The number of carboxylic acids is 1. The van der Waals surface area contributed by atoms with Gasteiger partial charge in [-0.2, -0.15) is 0 Å². The average Bonchev–Trinajstić information content (AvgIpc) is 2.78. The van der Waals surface area contributed by atoms with Crippen LogP contribution in [0.5, 0.6) is 0 Å². The Morgan fingerprint density at radius 2 is 2.11 bits per heavy atom. The molecule has 7 heteroatoms. The maximum Gasteiger partial charge on any atom is 0.307 e. The van der Waals surface area contributed by atoms with E-state index in [1.807, 2.05) is 6.92 Å². The summed E-state index contributed by atoms with van der Waals surface area (Å²) in [5.41, 5.74) is 0. The number of aliphatic carboxylic acids is 1. The van der Waals surface area contributed by atoms with Gasteiger partial charge in [0.05, 0.1) is 17.8 Å². The van der Waals surface area contributed by atoms with Gasteiger partial charge in [0, 0.05) is 20.2 Å². The standard InChI is InChI=1S/C11H21NO5S/c1-3-17-8-7-12(2)18(15,16)10-6-4-5-9(10)11(13)14/h9-10H,3-8H2,1-2H3,(H,13,14). The summed E-state index contributed by atoms with van der Waals surface area (Å²) < 4.78 is 30.8. The van der Waals surface area contributed by atoms with E-state index in [4.69, 9.17) is 9.84 Å². The SMILES string of the molecule is CCOCCN(C)S(=O)(=O)C1CCCC1C(=O)O. The lowest BCUT2D eigenvalue weighted by atomic mass is 10.1. The molecule has 0 aliphatic heterocycles. The minimum absolute atomic E-state index is 0.263. The van der Waals surface area contributed by atoms with Crippen LogP contribution in [0.1, 0.15) is 26.2 Å². The molecular formula is C11H21NO5S. The Hall–Kier alpha value is -0.660. The molecular weight excluding hydrogens is 258 g/mol. The van der Waals surface area contributed by atoms with E-state index in [1.165, 1.54) is 11.4 Å². The van der Waals surface area contributed by atoms with E-state index >= 15 is 0 Å². The normalized spacial score (nSPS) is 24.6. The molecule has 0 aromatic carbocycles. The van der Waals surface area contributed by atoms with Crippen molar-refractivity contribution >= 4 is 16.0 Å². The largest absolute Gasteiger partial charge is 0.481 e. The van der Waals surface area contributed by atoms with Crippen molar-refractivity contribution in [3.8, 4) is 0 Å². The predicted octanol–water partition coefficient (Wildman–Crippen LogP) is 0.538. The summed E-state index contributed by atoms with van der Waals surface area (Å²) in [4.78, 5) is 11.0. The first-order chi connectivity index (χ1) is 8.41. The van der Waals surface area contributed by atoms with Gasteiger partial charge in [-0.25, -0.2) is 12.7 Å². The molecule has 2 unspecified atom stereocenters. The summed E-state index contributed by atoms with van der Waals surface area (Å²) in [5.74, 6) is -1.79. The van der Waals surface area contributed by atoms with Crippen LogP contribution in [0.2, 0.25) is 0 Å². The van der Waals surface area contributed by atoms with Crippen molar-refractivity contribution < 1.29 is 23.1 Å². The second kappa shape index (κ2) is 6.49. The first kappa shape index (κ1) is 15.4. The molecule has 0 aromatic rings. The van der Waals surface area contributed by atoms with Crippen LogP contribution in [-0.2, 0) is 19.6 Å². The molecule has 1 N–H and O–H groups in total. The van der Waals surface area contributed by atoms with Gasteiger partial charge >= 0.3 is 5.97 Å². The first-order valence-corrected chi connectivity index (χ1v) is 7.67. The Balaban J connectivity index is 2.70. The number of likely N-dealkylation sites (N-methyl/N-ethyl adjacent to an activating group) is 1. The zero-order valence-corrected chi connectivity index (χ0v) is 11.6. The van der Waals surface area contributed by atoms with Gasteiger partial charge in [0.1, 0.15) is 0 Å². The number of sulfonamides is 1. The van der Waals surface area contributed by atoms with Gasteiger partial charge in [0.25, 0.3) is 0 Å². The first-order valence-electron chi connectivity index (χ1n) is 6.17. The maximum atomic E-state index is 12.2. The van der Waals surface area contributed by atoms with E-state index in [-0.39, 0.29) is 6.54 Å². The Morgan fingerprint density at radius 1 is 1.44 bits per heavy atom. The van der Waals surface area contributed by atoms with Crippen molar-refractivity contribution in [3.63, 3.8) is 0 Å². The van der Waals surface area contributed by atoms with E-state index in [0.29, 0.717) is 32.5 Å². The highest BCUT2D eigenvalue weighted by atomic mass is 32.2. The molecule has 18 heavy (non-hydrogen) atoms. The molecule has 0 amide bonds. The van der Waals surface area contributed by atoms with Gasteiger partial charge < -0.3 is 9.84 Å². The molecule has 1 fully saturated rings. The van der Waals surface area contributed by atoms with E-state index in [9.17, 15) is 13.2 Å². The summed E-state index contributed by atoms with van der Waals surface area (Å²) in [6, 6.07) is 0. The fourth-order valence-corrected chi connectivity index (χ4v) is 4.18. The number of nitrogens with zero attached hydrogens (tertiary/aromatic N) is 1. The molecule has 1 aliphatic carbocycles. The van der Waals surface area contributed by atoms with Crippen LogP contribution in [0.15, 0.2) is 0 Å². The third-order valence-corrected chi connectivity index (χ3v) is 5.72. The van der Waals surface area contributed by atoms with Crippen molar-refractivity contribution in [1.29, 1.82) is 0 Å². The predicted molar refractivity (Wildman–Crippen MR) is 66.8 cm³/mol. The number of ether oxygens (including phenoxy) is 1. The lowest BCUT2D eigenvalue weighted by Crippen LogP contribution is -2.41. The van der Waals surface area contributed by atoms with E-state index in [1.54, 1.807) is 0 Å². The van der Waals surface area contributed by atoms with Gasteiger partial charge in [-0.15, -0.1) is 0 Å². The fraction of sp³-hybridized carbons (Fsp3) is 0.909. The van der Waals surface area contributed by atoms with Crippen molar-refractivity contribution in [2.75, 3.05) is 26.8 Å². The number of carboxylic acid groups (broad SMARTS) is 1. The zero-order chi connectivity index (χ0) is 13.8. The van der Waals surface area contributed by atoms with Gasteiger partial charge in [0.2, 0.25) is 10.0 Å². The quantitative estimate of drug-likeness (QED) is 0.688. The third-order valence-electron chi connectivity index (χ3n) is 3.34. The number of hydrogen-bond acceptors (Lipinski definition) is 4. The molecule has 1 rings (SSSR count). The van der Waals surface area contributed by atoms with Crippen molar-refractivity contribution in [1.82, 2.24) is 4.31 Å². The van der Waals surface area contributed by atoms with Gasteiger partial charge in [0.15, 0.2) is 0 Å². The van der Waals surface area contributed by atoms with Crippen LogP contribution in [0, 0.1) is 5.92 Å². The smallest absolute Gasteiger partial charge is 0.307 e. The Labute approximate surface area is 108 Å². The second-order valence-electron chi connectivity index (χ2n) is 4.48. The summed E-state index contributed by atoms with van der Waals surface area (Å²) in [6.07, 6.45) is 1.52. The van der Waals surface area contributed by atoms with Crippen LogP contribution in [0.25, 0.3) is 0 Å². The van der Waals surface area contributed by atoms with E-state index < -0.39 is 27.2 Å². The van der Waals surface area contributed by atoms with Gasteiger partial charge in [-0.05, 0) is 19.8 Å². The van der Waals surface area contributed by atoms with E-state index in [2.05, 4.69) is 0 Å². The van der Waals surface area contributed by atoms with Crippen molar-refractivity contribution in [2.45, 2.75) is 31.4 Å². The number of carbonyl (C=O) groups is 1. The minimum atomic E-state index is -3.54. The molecule has 6 nitrogen and oxygen atoms in total. The molecule has 0 bridgehead atoms. The number of rotatable bonds is 7. The summed E-state index contributed by atoms with van der Waals surface area (Å²) in [7, 11) is -2.06. The highest BCUT2D eigenvalue weighted by Crippen LogP contribution is 2.32. The molecule has 1 aliphatic rings. The molecule has 0 saturated heterocycles. The molecule has 0 aromatic heterocycles.